The van der Waals surface area contributed by atoms with Gasteiger partial charge in [0.25, 0.3) is 5.91 Å². The number of carbonyl (C=O) groups is 1. The van der Waals surface area contributed by atoms with E-state index in [1.54, 1.807) is 22.3 Å². The molecule has 152 valence electrons. The summed E-state index contributed by atoms with van der Waals surface area (Å²) in [4.78, 5) is 21.9. The first kappa shape index (κ1) is 22.3. The van der Waals surface area contributed by atoms with E-state index in [4.69, 9.17) is 4.98 Å². The number of anilines is 1. The molecule has 3 aromatic rings. The van der Waals surface area contributed by atoms with E-state index in [9.17, 15) is 4.79 Å². The summed E-state index contributed by atoms with van der Waals surface area (Å²) in [5.74, 6) is -0.0927. The van der Waals surface area contributed by atoms with Gasteiger partial charge in [-0.3, -0.25) is 14.4 Å². The Labute approximate surface area is 176 Å². The molecule has 0 aliphatic heterocycles. The Morgan fingerprint density at radius 1 is 1.21 bits per heavy atom. The minimum Gasteiger partial charge on any atom is -0.309 e. The van der Waals surface area contributed by atoms with Crippen molar-refractivity contribution in [1.29, 1.82) is 0 Å². The van der Waals surface area contributed by atoms with E-state index in [2.05, 4.69) is 16.1 Å². The minimum atomic E-state index is -0.0927. The molecule has 2 aromatic heterocycles. The third kappa shape index (κ3) is 4.90. The highest BCUT2D eigenvalue weighted by molar-refractivity contribution is 7.22. The van der Waals surface area contributed by atoms with E-state index >= 15 is 0 Å². The second kappa shape index (κ2) is 9.49. The predicted molar refractivity (Wildman–Crippen MR) is 119 cm³/mol. The summed E-state index contributed by atoms with van der Waals surface area (Å²) in [5.41, 5.74) is 2.56. The van der Waals surface area contributed by atoms with Crippen molar-refractivity contribution in [3.05, 3.63) is 41.7 Å². The Morgan fingerprint density at radius 3 is 2.57 bits per heavy atom. The molecule has 0 aliphatic carbocycles. The first-order chi connectivity index (χ1) is 12.9. The molecule has 8 heteroatoms. The Morgan fingerprint density at radius 2 is 1.96 bits per heavy atom. The van der Waals surface area contributed by atoms with Crippen LogP contribution in [-0.2, 0) is 0 Å². The second-order valence-corrected chi connectivity index (χ2v) is 8.32. The van der Waals surface area contributed by atoms with Gasteiger partial charge in [0.05, 0.1) is 10.2 Å². The van der Waals surface area contributed by atoms with Crippen LogP contribution in [0, 0.1) is 6.92 Å². The SMILES string of the molecule is Cc1cccc2sc(N(CCCN(C)C)C(=O)c3ccn(C(C)C)n3)nc12.Cl. The van der Waals surface area contributed by atoms with Gasteiger partial charge in [-0.25, -0.2) is 4.98 Å². The number of benzene rings is 1. The van der Waals surface area contributed by atoms with Crippen molar-refractivity contribution in [3.63, 3.8) is 0 Å². The van der Waals surface area contributed by atoms with Gasteiger partial charge in [0.1, 0.15) is 0 Å². The number of para-hydroxylation sites is 1. The number of hydrogen-bond acceptors (Lipinski definition) is 5. The number of aryl methyl sites for hydroxylation is 1. The molecule has 0 radical (unpaired) electrons. The molecule has 28 heavy (non-hydrogen) atoms. The lowest BCUT2D eigenvalue weighted by Gasteiger charge is -2.20. The topological polar surface area (TPSA) is 54.3 Å². The number of carbonyl (C=O) groups excluding carboxylic acids is 1. The van der Waals surface area contributed by atoms with Gasteiger partial charge >= 0.3 is 0 Å². The van der Waals surface area contributed by atoms with Gasteiger partial charge in [-0.1, -0.05) is 23.5 Å². The summed E-state index contributed by atoms with van der Waals surface area (Å²) in [5, 5.41) is 5.20. The average Bonchev–Trinajstić information content (AvgIpc) is 3.25. The highest BCUT2D eigenvalue weighted by atomic mass is 35.5. The molecule has 0 unspecified atom stereocenters. The average molecular weight is 422 g/mol. The van der Waals surface area contributed by atoms with Crippen LogP contribution in [0.3, 0.4) is 0 Å². The van der Waals surface area contributed by atoms with E-state index in [-0.39, 0.29) is 24.4 Å². The van der Waals surface area contributed by atoms with Crippen molar-refractivity contribution in [1.82, 2.24) is 19.7 Å². The Bertz CT molecular complexity index is 934. The lowest BCUT2D eigenvalue weighted by Crippen LogP contribution is -2.33. The fourth-order valence-corrected chi connectivity index (χ4v) is 3.96. The Hall–Kier alpha value is -1.96. The normalized spacial score (nSPS) is 11.2. The van der Waals surface area contributed by atoms with Crippen LogP contribution in [0.4, 0.5) is 5.13 Å². The smallest absolute Gasteiger partial charge is 0.280 e. The van der Waals surface area contributed by atoms with Crippen LogP contribution >= 0.6 is 23.7 Å². The van der Waals surface area contributed by atoms with Gasteiger partial charge < -0.3 is 4.90 Å². The molecule has 0 N–H and O–H groups in total. The third-order valence-corrected chi connectivity index (χ3v) is 5.47. The molecule has 0 atom stereocenters. The van der Waals surface area contributed by atoms with E-state index < -0.39 is 0 Å². The van der Waals surface area contributed by atoms with Gasteiger partial charge in [-0.05, 0) is 65.5 Å². The molecule has 1 aromatic carbocycles. The van der Waals surface area contributed by atoms with Crippen molar-refractivity contribution in [2.45, 2.75) is 33.2 Å². The highest BCUT2D eigenvalue weighted by Crippen LogP contribution is 2.31. The lowest BCUT2D eigenvalue weighted by atomic mass is 10.2. The fourth-order valence-electron chi connectivity index (χ4n) is 2.90. The van der Waals surface area contributed by atoms with Crippen molar-refractivity contribution in [2.75, 3.05) is 32.1 Å². The number of halogens is 1. The number of rotatable bonds is 7. The first-order valence-electron chi connectivity index (χ1n) is 9.24. The van der Waals surface area contributed by atoms with E-state index in [0.717, 1.165) is 33.9 Å². The van der Waals surface area contributed by atoms with Crippen molar-refractivity contribution in [3.8, 4) is 0 Å². The molecule has 0 saturated heterocycles. The van der Waals surface area contributed by atoms with Gasteiger partial charge in [0, 0.05) is 18.8 Å². The molecule has 0 aliphatic rings. The predicted octanol–water partition coefficient (Wildman–Crippen LogP) is 4.40. The number of hydrogen-bond donors (Lipinski definition) is 0. The summed E-state index contributed by atoms with van der Waals surface area (Å²) < 4.78 is 2.91. The maximum atomic E-state index is 13.2. The van der Waals surface area contributed by atoms with Gasteiger partial charge in [-0.2, -0.15) is 5.10 Å². The van der Waals surface area contributed by atoms with E-state index in [1.165, 1.54) is 0 Å². The molecule has 6 nitrogen and oxygen atoms in total. The van der Waals surface area contributed by atoms with Crippen LogP contribution in [0.2, 0.25) is 0 Å². The fraction of sp³-hybridized carbons (Fsp3) is 0.450. The molecule has 3 rings (SSSR count). The third-order valence-electron chi connectivity index (χ3n) is 4.43. The standard InChI is InChI=1S/C20H27N5OS.ClH/c1-14(2)25-13-10-16(22-25)19(26)24(12-7-11-23(4)5)20-21-18-15(3)8-6-9-17(18)27-20;/h6,8-10,13-14H,7,11-12H2,1-5H3;1H. The maximum absolute atomic E-state index is 13.2. The Kier molecular flexibility index (Phi) is 7.57. The molecule has 0 bridgehead atoms. The zero-order valence-electron chi connectivity index (χ0n) is 17.0. The summed E-state index contributed by atoms with van der Waals surface area (Å²) in [6.45, 7) is 7.67. The van der Waals surface area contributed by atoms with Crippen LogP contribution in [0.5, 0.6) is 0 Å². The summed E-state index contributed by atoms with van der Waals surface area (Å²) in [6, 6.07) is 8.15. The summed E-state index contributed by atoms with van der Waals surface area (Å²) >= 11 is 1.56. The number of amides is 1. The number of nitrogens with zero attached hydrogens (tertiary/aromatic N) is 5. The van der Waals surface area contributed by atoms with E-state index in [0.29, 0.717) is 12.2 Å². The van der Waals surface area contributed by atoms with E-state index in [1.807, 2.05) is 57.9 Å². The monoisotopic (exact) mass is 421 g/mol. The van der Waals surface area contributed by atoms with Crippen molar-refractivity contribution >= 4 is 45.0 Å². The second-order valence-electron chi connectivity index (χ2n) is 7.31. The maximum Gasteiger partial charge on any atom is 0.280 e. The molecule has 2 heterocycles. The quantitative estimate of drug-likeness (QED) is 0.567. The molecule has 1 amide bonds. The zero-order valence-corrected chi connectivity index (χ0v) is 18.7. The van der Waals surface area contributed by atoms with Crippen LogP contribution in [0.1, 0.15) is 42.4 Å². The van der Waals surface area contributed by atoms with Crippen molar-refractivity contribution in [2.24, 2.45) is 0 Å². The van der Waals surface area contributed by atoms with Crippen LogP contribution in [-0.4, -0.2) is 52.8 Å². The van der Waals surface area contributed by atoms with Crippen molar-refractivity contribution < 1.29 is 4.79 Å². The summed E-state index contributed by atoms with van der Waals surface area (Å²) in [6.07, 6.45) is 2.73. The summed E-state index contributed by atoms with van der Waals surface area (Å²) in [7, 11) is 4.08. The Balaban J connectivity index is 0.00000280. The van der Waals surface area contributed by atoms with Gasteiger partial charge in [-0.15, -0.1) is 12.4 Å². The van der Waals surface area contributed by atoms with Crippen LogP contribution in [0.15, 0.2) is 30.5 Å². The molecule has 0 saturated carbocycles. The molecular formula is C20H28ClN5OS. The molecule has 0 fully saturated rings. The van der Waals surface area contributed by atoms with Gasteiger partial charge in [0.2, 0.25) is 0 Å². The van der Waals surface area contributed by atoms with Crippen LogP contribution < -0.4 is 4.90 Å². The molecule has 0 spiro atoms. The first-order valence-corrected chi connectivity index (χ1v) is 10.1. The van der Waals surface area contributed by atoms with Gasteiger partial charge in [0.15, 0.2) is 10.8 Å². The number of thiazole rings is 1. The molecular weight excluding hydrogens is 394 g/mol. The lowest BCUT2D eigenvalue weighted by molar-refractivity contribution is 0.0980. The largest absolute Gasteiger partial charge is 0.309 e. The number of fused-ring (bicyclic) bond motifs is 1. The van der Waals surface area contributed by atoms with Crippen LogP contribution in [0.25, 0.3) is 10.2 Å². The zero-order chi connectivity index (χ0) is 19.6. The highest BCUT2D eigenvalue weighted by Gasteiger charge is 2.23. The minimum absolute atomic E-state index is 0. The number of aromatic nitrogens is 3.